The van der Waals surface area contributed by atoms with Gasteiger partial charge in [0.15, 0.2) is 5.82 Å². The van der Waals surface area contributed by atoms with E-state index in [9.17, 15) is 5.11 Å². The first kappa shape index (κ1) is 23.1. The van der Waals surface area contributed by atoms with E-state index in [0.717, 1.165) is 33.8 Å². The van der Waals surface area contributed by atoms with Gasteiger partial charge in [-0.05, 0) is 56.7 Å². The van der Waals surface area contributed by atoms with E-state index in [0.29, 0.717) is 35.9 Å². The smallest absolute Gasteiger partial charge is 0.226 e. The van der Waals surface area contributed by atoms with Gasteiger partial charge in [0.2, 0.25) is 5.95 Å². The van der Waals surface area contributed by atoms with E-state index in [1.165, 1.54) is 6.33 Å². The molecule has 4 heterocycles. The predicted molar refractivity (Wildman–Crippen MR) is 142 cm³/mol. The van der Waals surface area contributed by atoms with Crippen molar-refractivity contribution in [2.75, 3.05) is 23.3 Å². The van der Waals surface area contributed by atoms with Gasteiger partial charge in [-0.25, -0.2) is 24.9 Å². The summed E-state index contributed by atoms with van der Waals surface area (Å²) in [6.07, 6.45) is 5.00. The van der Waals surface area contributed by atoms with Gasteiger partial charge >= 0.3 is 0 Å². The number of rotatable bonds is 6. The van der Waals surface area contributed by atoms with E-state index in [2.05, 4.69) is 30.2 Å². The number of aliphatic hydroxyl groups is 1. The number of aromatic nitrogens is 6. The van der Waals surface area contributed by atoms with Crippen molar-refractivity contribution >= 4 is 39.5 Å². The standard InChI is InChI=1S/C27H28N8O2/c1-16-9-18(5-8-23(16)37-19-6-7-22-20(10-19)31-15-34(22)4)32-25-24-21(29-14-30-25)11-28-26(33-24)35-12-17(13-35)27(2,3)36/h5-11,14-15,17,36H,12-13H2,1-4H3,(H,29,30,32). The number of aryl methyl sites for hydroxylation is 2. The average Bonchev–Trinajstić information content (AvgIpc) is 3.19. The zero-order valence-corrected chi connectivity index (χ0v) is 21.2. The number of imidazole rings is 1. The molecule has 2 aromatic carbocycles. The van der Waals surface area contributed by atoms with Crippen molar-refractivity contribution < 1.29 is 9.84 Å². The molecule has 0 bridgehead atoms. The molecule has 37 heavy (non-hydrogen) atoms. The van der Waals surface area contributed by atoms with Crippen LogP contribution in [0.4, 0.5) is 17.5 Å². The van der Waals surface area contributed by atoms with Crippen LogP contribution in [0.15, 0.2) is 55.2 Å². The zero-order chi connectivity index (χ0) is 25.7. The highest BCUT2D eigenvalue weighted by atomic mass is 16.5. The Morgan fingerprint density at radius 3 is 2.65 bits per heavy atom. The van der Waals surface area contributed by atoms with Crippen LogP contribution in [0.2, 0.25) is 0 Å². The number of benzene rings is 2. The van der Waals surface area contributed by atoms with E-state index in [4.69, 9.17) is 9.72 Å². The van der Waals surface area contributed by atoms with Gasteiger partial charge in [0, 0.05) is 37.8 Å². The third-order valence-electron chi connectivity index (χ3n) is 6.89. The number of hydrogen-bond acceptors (Lipinski definition) is 9. The van der Waals surface area contributed by atoms with Crippen LogP contribution in [-0.2, 0) is 7.05 Å². The van der Waals surface area contributed by atoms with Crippen LogP contribution in [0.5, 0.6) is 11.5 Å². The van der Waals surface area contributed by atoms with Crippen LogP contribution < -0.4 is 15.0 Å². The lowest BCUT2D eigenvalue weighted by Crippen LogP contribution is -2.56. The van der Waals surface area contributed by atoms with E-state index < -0.39 is 5.60 Å². The fourth-order valence-electron chi connectivity index (χ4n) is 4.46. The largest absolute Gasteiger partial charge is 0.457 e. The van der Waals surface area contributed by atoms with E-state index in [-0.39, 0.29) is 5.92 Å². The lowest BCUT2D eigenvalue weighted by atomic mass is 9.85. The molecule has 1 fully saturated rings. The summed E-state index contributed by atoms with van der Waals surface area (Å²) in [5, 5.41) is 13.6. The van der Waals surface area contributed by atoms with Gasteiger partial charge in [-0.15, -0.1) is 0 Å². The van der Waals surface area contributed by atoms with Crippen LogP contribution >= 0.6 is 0 Å². The number of fused-ring (bicyclic) bond motifs is 2. The molecule has 10 nitrogen and oxygen atoms in total. The van der Waals surface area contributed by atoms with Crippen LogP contribution in [0.3, 0.4) is 0 Å². The highest BCUT2D eigenvalue weighted by Crippen LogP contribution is 2.32. The molecule has 2 N–H and O–H groups in total. The van der Waals surface area contributed by atoms with Crippen molar-refractivity contribution in [3.8, 4) is 11.5 Å². The van der Waals surface area contributed by atoms with Gasteiger partial charge in [0.1, 0.15) is 28.9 Å². The molecule has 0 atom stereocenters. The molecule has 1 saturated heterocycles. The minimum Gasteiger partial charge on any atom is -0.457 e. The maximum atomic E-state index is 10.2. The maximum Gasteiger partial charge on any atom is 0.226 e. The minimum atomic E-state index is -0.720. The Kier molecular flexibility index (Phi) is 5.41. The number of hydrogen-bond donors (Lipinski definition) is 2. The molecule has 1 aliphatic rings. The minimum absolute atomic E-state index is 0.186. The first-order chi connectivity index (χ1) is 17.7. The van der Waals surface area contributed by atoms with E-state index in [1.807, 2.05) is 68.8 Å². The molecular weight excluding hydrogens is 468 g/mol. The zero-order valence-electron chi connectivity index (χ0n) is 21.2. The van der Waals surface area contributed by atoms with Crippen molar-refractivity contribution in [2.45, 2.75) is 26.4 Å². The van der Waals surface area contributed by atoms with E-state index in [1.54, 1.807) is 12.5 Å². The molecule has 0 aliphatic carbocycles. The summed E-state index contributed by atoms with van der Waals surface area (Å²) < 4.78 is 8.13. The molecular formula is C27H28N8O2. The first-order valence-electron chi connectivity index (χ1n) is 12.2. The van der Waals surface area contributed by atoms with Gasteiger partial charge in [-0.2, -0.15) is 0 Å². The number of nitrogens with one attached hydrogen (secondary N) is 1. The molecule has 0 amide bonds. The highest BCUT2D eigenvalue weighted by molar-refractivity contribution is 5.87. The summed E-state index contributed by atoms with van der Waals surface area (Å²) in [7, 11) is 1.97. The van der Waals surface area contributed by atoms with Crippen molar-refractivity contribution in [3.05, 3.63) is 60.8 Å². The van der Waals surface area contributed by atoms with Gasteiger partial charge in [0.05, 0.1) is 29.2 Å². The Labute approximate surface area is 214 Å². The molecule has 6 rings (SSSR count). The van der Waals surface area contributed by atoms with Crippen LogP contribution in [0, 0.1) is 12.8 Å². The maximum absolute atomic E-state index is 10.2. The normalized spacial score (nSPS) is 14.2. The average molecular weight is 497 g/mol. The van der Waals surface area contributed by atoms with Crippen molar-refractivity contribution in [1.29, 1.82) is 0 Å². The summed E-state index contributed by atoms with van der Waals surface area (Å²) in [6, 6.07) is 11.8. The second kappa shape index (κ2) is 8.67. The SMILES string of the molecule is Cc1cc(Nc2ncnc3cnc(N4CC(C(C)(C)O)C4)nc23)ccc1Oc1ccc2c(c1)ncn2C. The van der Waals surface area contributed by atoms with Gasteiger partial charge in [-0.3, -0.25) is 0 Å². The molecule has 0 saturated carbocycles. The molecule has 1 aliphatic heterocycles. The number of nitrogens with zero attached hydrogens (tertiary/aromatic N) is 7. The summed E-state index contributed by atoms with van der Waals surface area (Å²) in [5.74, 6) is 2.89. The second-order valence-corrected chi connectivity index (χ2v) is 10.1. The topological polar surface area (TPSA) is 114 Å². The molecule has 0 radical (unpaired) electrons. The predicted octanol–water partition coefficient (Wildman–Crippen LogP) is 4.36. The van der Waals surface area contributed by atoms with E-state index >= 15 is 0 Å². The van der Waals surface area contributed by atoms with Crippen molar-refractivity contribution in [2.24, 2.45) is 13.0 Å². The molecule has 188 valence electrons. The lowest BCUT2D eigenvalue weighted by molar-refractivity contribution is 0.00418. The first-order valence-corrected chi connectivity index (χ1v) is 12.2. The van der Waals surface area contributed by atoms with Crippen molar-refractivity contribution in [1.82, 2.24) is 29.5 Å². The quantitative estimate of drug-likeness (QED) is 0.354. The van der Waals surface area contributed by atoms with Gasteiger partial charge in [-0.1, -0.05) is 0 Å². The molecule has 10 heteroatoms. The van der Waals surface area contributed by atoms with Gasteiger partial charge < -0.3 is 24.6 Å². The molecule has 5 aromatic rings. The lowest BCUT2D eigenvalue weighted by Gasteiger charge is -2.45. The van der Waals surface area contributed by atoms with Gasteiger partial charge in [0.25, 0.3) is 0 Å². The Hall–Kier alpha value is -4.31. The van der Waals surface area contributed by atoms with Crippen LogP contribution in [0.25, 0.3) is 22.1 Å². The summed E-state index contributed by atoms with van der Waals surface area (Å²) in [4.78, 5) is 24.4. The van der Waals surface area contributed by atoms with Crippen LogP contribution in [0.1, 0.15) is 19.4 Å². The third kappa shape index (κ3) is 4.40. The highest BCUT2D eigenvalue weighted by Gasteiger charge is 2.38. The van der Waals surface area contributed by atoms with Crippen LogP contribution in [-0.4, -0.2) is 53.3 Å². The Morgan fingerprint density at radius 2 is 1.86 bits per heavy atom. The second-order valence-electron chi connectivity index (χ2n) is 10.1. The fourth-order valence-corrected chi connectivity index (χ4v) is 4.46. The van der Waals surface area contributed by atoms with Crippen molar-refractivity contribution in [3.63, 3.8) is 0 Å². The Bertz CT molecular complexity index is 1620. The molecule has 0 spiro atoms. The third-order valence-corrected chi connectivity index (χ3v) is 6.89. The number of ether oxygens (including phenoxy) is 1. The molecule has 3 aromatic heterocycles. The summed E-state index contributed by atoms with van der Waals surface area (Å²) in [6.45, 7) is 7.09. The number of anilines is 3. The summed E-state index contributed by atoms with van der Waals surface area (Å²) in [5.41, 5.74) is 4.35. The summed E-state index contributed by atoms with van der Waals surface area (Å²) >= 11 is 0. The Balaban J connectivity index is 1.22. The monoisotopic (exact) mass is 496 g/mol. The Morgan fingerprint density at radius 1 is 1.03 bits per heavy atom. The fraction of sp³-hybridized carbons (Fsp3) is 0.296. The molecule has 0 unspecified atom stereocenters.